The first-order chi connectivity index (χ1) is 8.07. The summed E-state index contributed by atoms with van der Waals surface area (Å²) in [6, 6.07) is 10.4. The Balaban J connectivity index is 2.32. The van der Waals surface area contributed by atoms with Crippen LogP contribution in [-0.4, -0.2) is 13.3 Å². The molecule has 0 N–H and O–H groups in total. The van der Waals surface area contributed by atoms with Crippen molar-refractivity contribution in [1.29, 1.82) is 0 Å². The van der Waals surface area contributed by atoms with Crippen molar-refractivity contribution in [1.82, 2.24) is 0 Å². The van der Waals surface area contributed by atoms with Crippen LogP contribution in [0.4, 0.5) is 0 Å². The molecule has 0 bridgehead atoms. The minimum atomic E-state index is -0.704. The summed E-state index contributed by atoms with van der Waals surface area (Å²) >= 11 is 0. The van der Waals surface area contributed by atoms with E-state index in [-0.39, 0.29) is 0 Å². The van der Waals surface area contributed by atoms with Gasteiger partial charge in [0.25, 0.3) is 0 Å². The number of fused-ring (bicyclic) bond motifs is 3. The van der Waals surface area contributed by atoms with Gasteiger partial charge in [0.05, 0.1) is 5.50 Å². The molecular weight excluding hydrogens is 207 g/mol. The van der Waals surface area contributed by atoms with Gasteiger partial charge in [-0.1, -0.05) is 36.4 Å². The fourth-order valence-electron chi connectivity index (χ4n) is 2.30. The third-order valence-corrected chi connectivity index (χ3v) is 3.19. The highest BCUT2D eigenvalue weighted by Crippen LogP contribution is 2.35. The quantitative estimate of drug-likeness (QED) is 0.618. The normalized spacial score (nSPS) is 22.2. The van der Waals surface area contributed by atoms with Crippen molar-refractivity contribution in [2.75, 3.05) is 0 Å². The number of rotatable bonds is 0. The molecule has 2 aromatic carbocycles. The lowest BCUT2D eigenvalue weighted by molar-refractivity contribution is 0.224. The van der Waals surface area contributed by atoms with Crippen molar-refractivity contribution in [3.8, 4) is 5.75 Å². The highest BCUT2D eigenvalue weighted by atomic mass is 16.5. The molecule has 1 unspecified atom stereocenters. The molecule has 1 nitrogen and oxygen atoms in total. The zero-order chi connectivity index (χ0) is 12.0. The first-order valence-electron chi connectivity index (χ1n) is 5.76. The van der Waals surface area contributed by atoms with Crippen molar-refractivity contribution >= 4 is 24.7 Å². The molecule has 1 aliphatic rings. The fraction of sp³-hybridized carbons (Fsp3) is 0.200. The monoisotopic (exact) mass is 220 g/mol. The minimum Gasteiger partial charge on any atom is -0.493 e. The van der Waals surface area contributed by atoms with E-state index >= 15 is 0 Å². The van der Waals surface area contributed by atoms with Gasteiger partial charge >= 0.3 is 0 Å². The molecule has 0 saturated heterocycles. The molecule has 0 fully saturated rings. The zero-order valence-corrected chi connectivity index (χ0v) is 10.0. The average molecular weight is 220 g/mol. The third-order valence-electron chi connectivity index (χ3n) is 3.19. The van der Waals surface area contributed by atoms with E-state index in [9.17, 15) is 0 Å². The van der Waals surface area contributed by atoms with Crippen LogP contribution < -0.4 is 4.74 Å². The van der Waals surface area contributed by atoms with Crippen molar-refractivity contribution in [3.63, 3.8) is 0 Å². The minimum absolute atomic E-state index is 0.704. The number of benzene rings is 2. The molecule has 1 heterocycles. The van der Waals surface area contributed by atoms with Crippen LogP contribution in [0.1, 0.15) is 18.1 Å². The van der Waals surface area contributed by atoms with Gasteiger partial charge in [-0.25, -0.2) is 0 Å². The van der Waals surface area contributed by atoms with Crippen LogP contribution >= 0.6 is 0 Å². The Labute approximate surface area is 103 Å². The van der Waals surface area contributed by atoms with Crippen LogP contribution in [0.25, 0.3) is 16.8 Å². The molecule has 0 amide bonds. The van der Waals surface area contributed by atoms with Crippen molar-refractivity contribution in [3.05, 3.63) is 47.5 Å². The zero-order valence-electron chi connectivity index (χ0n) is 10.0. The van der Waals surface area contributed by atoms with Gasteiger partial charge in [-0.3, -0.25) is 0 Å². The van der Waals surface area contributed by atoms with Gasteiger partial charge in [-0.05, 0) is 36.2 Å². The Bertz CT molecular complexity index is 626. The van der Waals surface area contributed by atoms with E-state index in [1.807, 2.05) is 19.1 Å². The predicted octanol–water partition coefficient (Wildman–Crippen LogP) is 3.44. The number of hydrogen-bond acceptors (Lipinski definition) is 1. The summed E-state index contributed by atoms with van der Waals surface area (Å²) in [5.41, 5.74) is 1.69. The van der Waals surface area contributed by atoms with Gasteiger partial charge < -0.3 is 4.74 Å². The third kappa shape index (κ3) is 1.64. The molecule has 82 valence electrons. The summed E-state index contributed by atoms with van der Waals surface area (Å²) in [5, 5.41) is 2.48. The second kappa shape index (κ2) is 3.40. The van der Waals surface area contributed by atoms with Gasteiger partial charge in [-0.2, -0.15) is 0 Å². The summed E-state index contributed by atoms with van der Waals surface area (Å²) < 4.78 is 5.76. The number of hydrogen-bond donors (Lipinski definition) is 0. The summed E-state index contributed by atoms with van der Waals surface area (Å²) in [6.07, 6.45) is 3.96. The van der Waals surface area contributed by atoms with E-state index < -0.39 is 5.50 Å². The molecule has 0 aliphatic carbocycles. The van der Waals surface area contributed by atoms with Crippen LogP contribution in [0.5, 0.6) is 5.75 Å². The molecule has 2 radical (unpaired) electrons. The summed E-state index contributed by atoms with van der Waals surface area (Å²) in [6.45, 7) is 3.97. The van der Waals surface area contributed by atoms with Crippen molar-refractivity contribution < 1.29 is 4.74 Å². The van der Waals surface area contributed by atoms with E-state index in [0.717, 1.165) is 11.3 Å². The standard InChI is InChI=1S/C15H13BO/c1-10-4-3-5-12-11(10)6-7-14-13(12)8-9-15(2,16)17-14/h3-9H,1-2H3. The Morgan fingerprint density at radius 3 is 2.76 bits per heavy atom. The van der Waals surface area contributed by atoms with Crippen molar-refractivity contribution in [2.24, 2.45) is 0 Å². The van der Waals surface area contributed by atoms with Crippen LogP contribution in [0.3, 0.4) is 0 Å². The first-order valence-corrected chi connectivity index (χ1v) is 5.76. The lowest BCUT2D eigenvalue weighted by atomic mass is 9.81. The molecule has 2 heteroatoms. The van der Waals surface area contributed by atoms with Crippen LogP contribution in [0.15, 0.2) is 36.4 Å². The largest absolute Gasteiger partial charge is 0.493 e. The highest BCUT2D eigenvalue weighted by molar-refractivity contribution is 6.16. The van der Waals surface area contributed by atoms with Crippen molar-refractivity contribution in [2.45, 2.75) is 19.3 Å². The molecule has 17 heavy (non-hydrogen) atoms. The Morgan fingerprint density at radius 2 is 1.94 bits per heavy atom. The van der Waals surface area contributed by atoms with Gasteiger partial charge in [-0.15, -0.1) is 0 Å². The van der Waals surface area contributed by atoms with E-state index in [4.69, 9.17) is 12.6 Å². The molecule has 3 rings (SSSR count). The van der Waals surface area contributed by atoms with Crippen LogP contribution in [-0.2, 0) is 0 Å². The maximum Gasteiger partial charge on any atom is 0.137 e. The summed E-state index contributed by atoms with van der Waals surface area (Å²) in [7, 11) is 5.96. The van der Waals surface area contributed by atoms with Gasteiger partial charge in [0.15, 0.2) is 0 Å². The molecule has 1 aliphatic heterocycles. The molecule has 0 saturated carbocycles. The van der Waals surface area contributed by atoms with Gasteiger partial charge in [0, 0.05) is 5.56 Å². The Hall–Kier alpha value is -1.70. The fourth-order valence-corrected chi connectivity index (χ4v) is 2.30. The molecule has 0 aromatic heterocycles. The lowest BCUT2D eigenvalue weighted by Gasteiger charge is -2.29. The number of aryl methyl sites for hydroxylation is 1. The highest BCUT2D eigenvalue weighted by Gasteiger charge is 2.22. The second-order valence-electron chi connectivity index (χ2n) is 4.77. The predicted molar refractivity (Wildman–Crippen MR) is 72.5 cm³/mol. The Kier molecular flexibility index (Phi) is 2.09. The molecule has 2 aromatic rings. The Morgan fingerprint density at radius 1 is 1.12 bits per heavy atom. The van der Waals surface area contributed by atoms with E-state index in [0.29, 0.717) is 0 Å². The first kappa shape index (κ1) is 10.5. The van der Waals surface area contributed by atoms with Gasteiger partial charge in [0.1, 0.15) is 13.6 Å². The van der Waals surface area contributed by atoms with E-state index in [1.54, 1.807) is 0 Å². The SMILES string of the molecule is [B]C1(C)C=Cc2c(ccc3c(C)cccc23)O1. The molecule has 0 spiro atoms. The number of ether oxygens (including phenoxy) is 1. The van der Waals surface area contributed by atoms with E-state index in [1.165, 1.54) is 16.3 Å². The lowest BCUT2D eigenvalue weighted by Crippen LogP contribution is -2.31. The maximum absolute atomic E-state index is 5.96. The van der Waals surface area contributed by atoms with Crippen LogP contribution in [0, 0.1) is 6.92 Å². The summed E-state index contributed by atoms with van der Waals surface area (Å²) in [5.74, 6) is 0.857. The maximum atomic E-state index is 5.96. The summed E-state index contributed by atoms with van der Waals surface area (Å²) in [4.78, 5) is 0. The molecule has 1 atom stereocenters. The molecular formula is C15H13BO. The second-order valence-corrected chi connectivity index (χ2v) is 4.77. The topological polar surface area (TPSA) is 9.23 Å². The van der Waals surface area contributed by atoms with Crippen LogP contribution in [0.2, 0.25) is 0 Å². The van der Waals surface area contributed by atoms with Gasteiger partial charge in [0.2, 0.25) is 0 Å². The smallest absolute Gasteiger partial charge is 0.137 e. The average Bonchev–Trinajstić information content (AvgIpc) is 2.27. The van der Waals surface area contributed by atoms with E-state index in [2.05, 4.69) is 37.3 Å².